The molecule has 0 spiro atoms. The lowest BCUT2D eigenvalue weighted by Gasteiger charge is -2.31. The Balaban J connectivity index is 2.08. The minimum Gasteiger partial charge on any atom is -0.390 e. The summed E-state index contributed by atoms with van der Waals surface area (Å²) >= 11 is 0. The molecule has 0 saturated carbocycles. The SMILES string of the molecule is O=c1[nH]c(C2CNCC(O)C2O)nc2ccccc12. The van der Waals surface area contributed by atoms with Crippen molar-refractivity contribution in [2.75, 3.05) is 13.1 Å². The monoisotopic (exact) mass is 261 g/mol. The third-order valence-corrected chi connectivity index (χ3v) is 3.51. The van der Waals surface area contributed by atoms with E-state index in [1.807, 2.05) is 6.07 Å². The van der Waals surface area contributed by atoms with E-state index < -0.39 is 18.1 Å². The van der Waals surface area contributed by atoms with Crippen molar-refractivity contribution in [3.63, 3.8) is 0 Å². The van der Waals surface area contributed by atoms with Gasteiger partial charge in [-0.05, 0) is 12.1 Å². The van der Waals surface area contributed by atoms with Gasteiger partial charge in [0.25, 0.3) is 5.56 Å². The molecule has 2 heterocycles. The van der Waals surface area contributed by atoms with Crippen LogP contribution in [0.25, 0.3) is 10.9 Å². The van der Waals surface area contributed by atoms with E-state index in [0.29, 0.717) is 29.8 Å². The van der Waals surface area contributed by atoms with Crippen LogP contribution in [0.5, 0.6) is 0 Å². The Kier molecular flexibility index (Phi) is 3.06. The smallest absolute Gasteiger partial charge is 0.258 e. The Labute approximate surface area is 109 Å². The van der Waals surface area contributed by atoms with Crippen LogP contribution in [0.1, 0.15) is 11.7 Å². The maximum Gasteiger partial charge on any atom is 0.258 e. The van der Waals surface area contributed by atoms with Crippen LogP contribution < -0.4 is 10.9 Å². The first-order valence-electron chi connectivity index (χ1n) is 6.22. The average molecular weight is 261 g/mol. The molecule has 0 aliphatic carbocycles. The summed E-state index contributed by atoms with van der Waals surface area (Å²) in [6.07, 6.45) is -1.78. The lowest BCUT2D eigenvalue weighted by molar-refractivity contribution is -0.0151. The molecule has 2 aromatic rings. The summed E-state index contributed by atoms with van der Waals surface area (Å²) in [4.78, 5) is 19.0. The van der Waals surface area contributed by atoms with Gasteiger partial charge in [-0.2, -0.15) is 0 Å². The molecule has 3 unspecified atom stereocenters. The molecule has 0 bridgehead atoms. The fourth-order valence-corrected chi connectivity index (χ4v) is 2.43. The van der Waals surface area contributed by atoms with Crippen molar-refractivity contribution in [3.8, 4) is 0 Å². The highest BCUT2D eigenvalue weighted by atomic mass is 16.3. The van der Waals surface area contributed by atoms with Crippen LogP contribution in [0, 0.1) is 0 Å². The number of fused-ring (bicyclic) bond motifs is 1. The molecule has 4 N–H and O–H groups in total. The number of aromatic nitrogens is 2. The van der Waals surface area contributed by atoms with E-state index in [-0.39, 0.29) is 5.56 Å². The van der Waals surface area contributed by atoms with Crippen molar-refractivity contribution in [1.82, 2.24) is 15.3 Å². The predicted molar refractivity (Wildman–Crippen MR) is 70.0 cm³/mol. The van der Waals surface area contributed by atoms with Crippen LogP contribution in [0.15, 0.2) is 29.1 Å². The van der Waals surface area contributed by atoms with Gasteiger partial charge >= 0.3 is 0 Å². The van der Waals surface area contributed by atoms with Crippen LogP contribution in [0.4, 0.5) is 0 Å². The van der Waals surface area contributed by atoms with Gasteiger partial charge < -0.3 is 20.5 Å². The summed E-state index contributed by atoms with van der Waals surface area (Å²) in [7, 11) is 0. The Morgan fingerprint density at radius 2 is 2.00 bits per heavy atom. The number of piperidine rings is 1. The third-order valence-electron chi connectivity index (χ3n) is 3.51. The number of aliphatic hydroxyl groups is 2. The van der Waals surface area contributed by atoms with E-state index in [1.165, 1.54) is 0 Å². The average Bonchev–Trinajstić information content (AvgIpc) is 2.42. The van der Waals surface area contributed by atoms with Crippen LogP contribution in [-0.2, 0) is 0 Å². The highest BCUT2D eigenvalue weighted by molar-refractivity contribution is 5.77. The van der Waals surface area contributed by atoms with Gasteiger partial charge in [0.05, 0.1) is 29.0 Å². The van der Waals surface area contributed by atoms with E-state index in [2.05, 4.69) is 15.3 Å². The van der Waals surface area contributed by atoms with Gasteiger partial charge in [0.15, 0.2) is 0 Å². The fourth-order valence-electron chi connectivity index (χ4n) is 2.43. The normalized spacial score (nSPS) is 27.6. The number of hydrogen-bond acceptors (Lipinski definition) is 5. The highest BCUT2D eigenvalue weighted by Crippen LogP contribution is 2.21. The highest BCUT2D eigenvalue weighted by Gasteiger charge is 2.33. The first kappa shape index (κ1) is 12.3. The second kappa shape index (κ2) is 4.73. The quantitative estimate of drug-likeness (QED) is 0.546. The molecule has 1 aromatic carbocycles. The minimum absolute atomic E-state index is 0.229. The molecule has 3 atom stereocenters. The Bertz CT molecular complexity index is 655. The van der Waals surface area contributed by atoms with Crippen LogP contribution >= 0.6 is 0 Å². The molecule has 0 amide bonds. The summed E-state index contributed by atoms with van der Waals surface area (Å²) in [5, 5.41) is 23.2. The fraction of sp³-hybridized carbons (Fsp3) is 0.385. The molecule has 19 heavy (non-hydrogen) atoms. The number of nitrogens with zero attached hydrogens (tertiary/aromatic N) is 1. The maximum absolute atomic E-state index is 12.0. The molecule has 1 saturated heterocycles. The zero-order valence-corrected chi connectivity index (χ0v) is 10.2. The molecule has 1 aliphatic heterocycles. The number of para-hydroxylation sites is 1. The molecule has 6 nitrogen and oxygen atoms in total. The molecule has 3 rings (SSSR count). The predicted octanol–water partition coefficient (Wildman–Crippen LogP) is -0.668. The number of β-amino-alcohol motifs (C(OH)–C–C–N with tert-alkyl or cyclic N) is 1. The number of H-pyrrole nitrogens is 1. The lowest BCUT2D eigenvalue weighted by Crippen LogP contribution is -2.49. The van der Waals surface area contributed by atoms with Gasteiger partial charge in [0.1, 0.15) is 5.82 Å². The van der Waals surface area contributed by atoms with Crippen molar-refractivity contribution >= 4 is 10.9 Å². The van der Waals surface area contributed by atoms with Crippen molar-refractivity contribution in [2.45, 2.75) is 18.1 Å². The van der Waals surface area contributed by atoms with Crippen LogP contribution in [0.3, 0.4) is 0 Å². The van der Waals surface area contributed by atoms with Crippen LogP contribution in [0.2, 0.25) is 0 Å². The summed E-state index contributed by atoms with van der Waals surface area (Å²) < 4.78 is 0. The summed E-state index contributed by atoms with van der Waals surface area (Å²) in [6.45, 7) is 0.814. The van der Waals surface area contributed by atoms with Crippen molar-refractivity contribution in [2.24, 2.45) is 0 Å². The number of hydrogen-bond donors (Lipinski definition) is 4. The molecular weight excluding hydrogens is 246 g/mol. The van der Waals surface area contributed by atoms with E-state index in [1.54, 1.807) is 18.2 Å². The molecule has 0 radical (unpaired) electrons. The topological polar surface area (TPSA) is 98.2 Å². The van der Waals surface area contributed by atoms with Gasteiger partial charge in [0.2, 0.25) is 0 Å². The summed E-state index contributed by atoms with van der Waals surface area (Å²) in [6, 6.07) is 7.05. The number of benzene rings is 1. The minimum atomic E-state index is -0.925. The zero-order valence-electron chi connectivity index (χ0n) is 10.2. The van der Waals surface area contributed by atoms with Crippen LogP contribution in [-0.4, -0.2) is 45.5 Å². The summed E-state index contributed by atoms with van der Waals surface area (Å²) in [5.74, 6) is -0.0106. The molecule has 6 heteroatoms. The Morgan fingerprint density at radius 3 is 2.84 bits per heavy atom. The lowest BCUT2D eigenvalue weighted by atomic mass is 9.93. The molecule has 1 fully saturated rings. The number of aliphatic hydroxyl groups excluding tert-OH is 2. The van der Waals surface area contributed by atoms with Crippen molar-refractivity contribution < 1.29 is 10.2 Å². The van der Waals surface area contributed by atoms with Gasteiger partial charge in [-0.15, -0.1) is 0 Å². The van der Waals surface area contributed by atoms with E-state index in [4.69, 9.17) is 0 Å². The van der Waals surface area contributed by atoms with Gasteiger partial charge in [-0.25, -0.2) is 4.98 Å². The molecule has 1 aromatic heterocycles. The number of rotatable bonds is 1. The Morgan fingerprint density at radius 1 is 1.21 bits per heavy atom. The first-order chi connectivity index (χ1) is 9.16. The second-order valence-electron chi connectivity index (χ2n) is 4.79. The molecular formula is C13H15N3O3. The van der Waals surface area contributed by atoms with Gasteiger partial charge in [0, 0.05) is 13.1 Å². The molecule has 1 aliphatic rings. The third kappa shape index (κ3) is 2.14. The van der Waals surface area contributed by atoms with Crippen molar-refractivity contribution in [3.05, 3.63) is 40.4 Å². The van der Waals surface area contributed by atoms with Gasteiger partial charge in [-0.3, -0.25) is 4.79 Å². The standard InChI is InChI=1S/C13H15N3O3/c17-10-6-14-5-8(11(10)18)12-15-9-4-2-1-3-7(9)13(19)16-12/h1-4,8,10-11,14,17-18H,5-6H2,(H,15,16,19). The van der Waals surface area contributed by atoms with Crippen molar-refractivity contribution in [1.29, 1.82) is 0 Å². The second-order valence-corrected chi connectivity index (χ2v) is 4.79. The zero-order chi connectivity index (χ0) is 13.4. The maximum atomic E-state index is 12.0. The first-order valence-corrected chi connectivity index (χ1v) is 6.22. The van der Waals surface area contributed by atoms with E-state index >= 15 is 0 Å². The Hall–Kier alpha value is -1.76. The molecule has 100 valence electrons. The van der Waals surface area contributed by atoms with E-state index in [9.17, 15) is 15.0 Å². The number of aromatic amines is 1. The summed E-state index contributed by atoms with van der Waals surface area (Å²) in [5.41, 5.74) is 0.362. The van der Waals surface area contributed by atoms with Gasteiger partial charge in [-0.1, -0.05) is 12.1 Å². The number of nitrogens with one attached hydrogen (secondary N) is 2. The van der Waals surface area contributed by atoms with E-state index in [0.717, 1.165) is 0 Å². The largest absolute Gasteiger partial charge is 0.390 e.